The van der Waals surface area contributed by atoms with Crippen LogP contribution in [0.3, 0.4) is 0 Å². The van der Waals surface area contributed by atoms with E-state index in [1.807, 2.05) is 12.3 Å². The number of carbonyl (C=O) groups is 3. The molecule has 1 aromatic rings. The molecule has 10 heteroatoms. The zero-order chi connectivity index (χ0) is 22.4. The van der Waals surface area contributed by atoms with Crippen molar-refractivity contribution in [3.8, 4) is 0 Å². The molecule has 170 valence electrons. The first-order valence-electron chi connectivity index (χ1n) is 10.4. The van der Waals surface area contributed by atoms with Crippen molar-refractivity contribution in [2.75, 3.05) is 49.7 Å². The van der Waals surface area contributed by atoms with Crippen LogP contribution in [0.4, 0.5) is 0 Å². The number of carbonyl (C=O) groups excluding carboxylic acids is 3. The Morgan fingerprint density at radius 2 is 1.74 bits per heavy atom. The Labute approximate surface area is 187 Å². The van der Waals surface area contributed by atoms with E-state index < -0.39 is 21.8 Å². The molecule has 1 N–H and O–H groups in total. The van der Waals surface area contributed by atoms with Gasteiger partial charge in [0.1, 0.15) is 6.04 Å². The van der Waals surface area contributed by atoms with E-state index in [1.54, 1.807) is 45.8 Å². The second-order valence-corrected chi connectivity index (χ2v) is 11.1. The number of nitrogens with zero attached hydrogens (tertiary/aromatic N) is 2. The van der Waals surface area contributed by atoms with E-state index in [9.17, 15) is 22.8 Å². The van der Waals surface area contributed by atoms with Crippen LogP contribution in [0.5, 0.6) is 0 Å². The maximum atomic E-state index is 13.1. The lowest BCUT2D eigenvalue weighted by Crippen LogP contribution is -2.56. The number of rotatable bonds is 7. The van der Waals surface area contributed by atoms with Crippen molar-refractivity contribution in [1.29, 1.82) is 0 Å². The Hall–Kier alpha value is -2.07. The predicted octanol–water partition coefficient (Wildman–Crippen LogP) is 0.644. The molecule has 0 unspecified atom stereocenters. The third-order valence-corrected chi connectivity index (χ3v) is 8.15. The molecule has 0 bridgehead atoms. The molecule has 2 saturated heterocycles. The lowest BCUT2D eigenvalue weighted by molar-refractivity contribution is -0.142. The van der Waals surface area contributed by atoms with Gasteiger partial charge in [0.15, 0.2) is 9.84 Å². The average molecular weight is 468 g/mol. The number of sulfone groups is 1. The number of amides is 3. The van der Waals surface area contributed by atoms with E-state index in [0.29, 0.717) is 44.6 Å². The van der Waals surface area contributed by atoms with Crippen LogP contribution in [-0.2, 0) is 19.4 Å². The van der Waals surface area contributed by atoms with Crippen molar-refractivity contribution in [2.45, 2.75) is 18.9 Å². The lowest BCUT2D eigenvalue weighted by Gasteiger charge is -2.37. The van der Waals surface area contributed by atoms with Gasteiger partial charge in [0.05, 0.1) is 17.4 Å². The fourth-order valence-corrected chi connectivity index (χ4v) is 6.14. The molecule has 0 spiro atoms. The minimum absolute atomic E-state index is 0.0695. The fraction of sp³-hybridized carbons (Fsp3) is 0.571. The van der Waals surface area contributed by atoms with E-state index in [0.717, 1.165) is 5.75 Å². The van der Waals surface area contributed by atoms with Crippen molar-refractivity contribution >= 4 is 39.3 Å². The fourth-order valence-electron chi connectivity index (χ4n) is 3.94. The summed E-state index contributed by atoms with van der Waals surface area (Å²) in [6.07, 6.45) is 2.86. The molecule has 0 aromatic heterocycles. The first kappa shape index (κ1) is 23.6. The van der Waals surface area contributed by atoms with Crippen LogP contribution in [0, 0.1) is 5.92 Å². The third-order valence-electron chi connectivity index (χ3n) is 5.73. The summed E-state index contributed by atoms with van der Waals surface area (Å²) in [5.41, 5.74) is 0.506. The Bertz CT molecular complexity index is 899. The quantitative estimate of drug-likeness (QED) is 0.631. The van der Waals surface area contributed by atoms with Crippen LogP contribution in [0.2, 0.25) is 0 Å². The average Bonchev–Trinajstić information content (AvgIpc) is 3.15. The van der Waals surface area contributed by atoms with Crippen molar-refractivity contribution < 1.29 is 22.8 Å². The molecular formula is C21H29N3O5S2. The smallest absolute Gasteiger partial charge is 0.251 e. The molecule has 8 nitrogen and oxygen atoms in total. The third kappa shape index (κ3) is 6.22. The maximum Gasteiger partial charge on any atom is 0.251 e. The number of benzene rings is 1. The zero-order valence-corrected chi connectivity index (χ0v) is 19.3. The van der Waals surface area contributed by atoms with Crippen LogP contribution in [0.25, 0.3) is 0 Å². The number of hydrogen-bond donors (Lipinski definition) is 1. The highest BCUT2D eigenvalue weighted by Gasteiger charge is 2.37. The summed E-state index contributed by atoms with van der Waals surface area (Å²) in [6, 6.07) is 8.17. The first-order chi connectivity index (χ1) is 14.8. The van der Waals surface area contributed by atoms with Gasteiger partial charge in [0, 0.05) is 31.7 Å². The van der Waals surface area contributed by atoms with Gasteiger partial charge in [-0.3, -0.25) is 14.4 Å². The molecule has 1 aromatic carbocycles. The van der Waals surface area contributed by atoms with Crippen LogP contribution in [0.1, 0.15) is 23.2 Å². The molecule has 3 amide bonds. The molecule has 2 aliphatic rings. The van der Waals surface area contributed by atoms with E-state index in [2.05, 4.69) is 5.32 Å². The molecule has 0 radical (unpaired) electrons. The predicted molar refractivity (Wildman–Crippen MR) is 121 cm³/mol. The summed E-state index contributed by atoms with van der Waals surface area (Å²) in [7, 11) is -3.11. The van der Waals surface area contributed by atoms with E-state index in [1.165, 1.54) is 0 Å². The molecule has 2 aliphatic heterocycles. The van der Waals surface area contributed by atoms with Crippen LogP contribution < -0.4 is 5.32 Å². The Morgan fingerprint density at radius 3 is 2.32 bits per heavy atom. The second-order valence-electron chi connectivity index (χ2n) is 7.92. The Kier molecular flexibility index (Phi) is 7.99. The molecule has 0 aliphatic carbocycles. The van der Waals surface area contributed by atoms with E-state index in [4.69, 9.17) is 0 Å². The summed E-state index contributed by atoms with van der Waals surface area (Å²) in [4.78, 5) is 41.7. The highest BCUT2D eigenvalue weighted by atomic mass is 32.2. The Balaban J connectivity index is 1.57. The molecule has 2 heterocycles. The number of nitrogens with one attached hydrogen (secondary N) is 1. The van der Waals surface area contributed by atoms with Gasteiger partial charge in [-0.05, 0) is 37.0 Å². The first-order valence-corrected chi connectivity index (χ1v) is 13.6. The lowest BCUT2D eigenvalue weighted by atomic mass is 10.1. The minimum Gasteiger partial charge on any atom is -0.340 e. The molecule has 2 atom stereocenters. The Morgan fingerprint density at radius 1 is 1.10 bits per heavy atom. The molecule has 3 rings (SSSR count). The second kappa shape index (κ2) is 10.5. The standard InChI is InChI=1S/C21H29N3O5S2/c1-30-13-7-18(22-19(25)16-5-3-2-4-6-16)21(27)24-11-9-23(10-12-24)20(26)17-8-14-31(28,29)15-17/h2-6,17-18H,7-15H2,1H3,(H,22,25)/t17-,18+/m0/s1. The highest BCUT2D eigenvalue weighted by molar-refractivity contribution is 7.98. The number of hydrogen-bond acceptors (Lipinski definition) is 6. The topological polar surface area (TPSA) is 104 Å². The van der Waals surface area contributed by atoms with Gasteiger partial charge in [0.2, 0.25) is 11.8 Å². The summed E-state index contributed by atoms with van der Waals surface area (Å²) in [5, 5.41) is 2.86. The van der Waals surface area contributed by atoms with Crippen molar-refractivity contribution in [3.05, 3.63) is 35.9 Å². The molecule has 2 fully saturated rings. The van der Waals surface area contributed by atoms with E-state index >= 15 is 0 Å². The van der Waals surface area contributed by atoms with Gasteiger partial charge in [-0.2, -0.15) is 11.8 Å². The van der Waals surface area contributed by atoms with Gasteiger partial charge < -0.3 is 15.1 Å². The molecule has 31 heavy (non-hydrogen) atoms. The summed E-state index contributed by atoms with van der Waals surface area (Å²) >= 11 is 1.61. The monoisotopic (exact) mass is 467 g/mol. The normalized spacial score (nSPS) is 21.5. The summed E-state index contributed by atoms with van der Waals surface area (Å²) in [5.74, 6) is -0.297. The maximum absolute atomic E-state index is 13.1. The highest BCUT2D eigenvalue weighted by Crippen LogP contribution is 2.21. The number of piperazine rings is 1. The van der Waals surface area contributed by atoms with Crippen LogP contribution >= 0.6 is 11.8 Å². The number of thioether (sulfide) groups is 1. The van der Waals surface area contributed by atoms with Crippen molar-refractivity contribution in [3.63, 3.8) is 0 Å². The molecular weight excluding hydrogens is 438 g/mol. The SMILES string of the molecule is CSCC[C@@H](NC(=O)c1ccccc1)C(=O)N1CCN(C(=O)[C@H]2CCS(=O)(=O)C2)CC1. The van der Waals surface area contributed by atoms with Crippen LogP contribution in [-0.4, -0.2) is 91.7 Å². The van der Waals surface area contributed by atoms with Crippen LogP contribution in [0.15, 0.2) is 30.3 Å². The minimum atomic E-state index is -3.11. The largest absolute Gasteiger partial charge is 0.340 e. The molecule has 0 saturated carbocycles. The summed E-state index contributed by atoms with van der Waals surface area (Å²) < 4.78 is 23.3. The van der Waals surface area contributed by atoms with Crippen molar-refractivity contribution in [2.24, 2.45) is 5.92 Å². The van der Waals surface area contributed by atoms with Gasteiger partial charge in [0.25, 0.3) is 5.91 Å². The van der Waals surface area contributed by atoms with Gasteiger partial charge >= 0.3 is 0 Å². The van der Waals surface area contributed by atoms with E-state index in [-0.39, 0.29) is 29.2 Å². The van der Waals surface area contributed by atoms with Gasteiger partial charge in [-0.15, -0.1) is 0 Å². The van der Waals surface area contributed by atoms with Gasteiger partial charge in [-0.1, -0.05) is 18.2 Å². The zero-order valence-electron chi connectivity index (χ0n) is 17.7. The van der Waals surface area contributed by atoms with Gasteiger partial charge in [-0.25, -0.2) is 8.42 Å². The summed E-state index contributed by atoms with van der Waals surface area (Å²) in [6.45, 7) is 1.51. The van der Waals surface area contributed by atoms with Crippen molar-refractivity contribution in [1.82, 2.24) is 15.1 Å².